The van der Waals surface area contributed by atoms with Gasteiger partial charge < -0.3 is 0 Å². The van der Waals surface area contributed by atoms with Gasteiger partial charge in [0.25, 0.3) is 0 Å². The van der Waals surface area contributed by atoms with Crippen LogP contribution in [0.25, 0.3) is 82.3 Å². The summed E-state index contributed by atoms with van der Waals surface area (Å²) >= 11 is 1.77. The highest BCUT2D eigenvalue weighted by molar-refractivity contribution is 7.25. The van der Waals surface area contributed by atoms with Gasteiger partial charge in [0, 0.05) is 42.4 Å². The molecular weight excluding hydrogens is 595 g/mol. The number of allylic oxidation sites excluding steroid dienone is 1. The smallest absolute Gasteiger partial charge is 0.164 e. The average molecular weight is 620 g/mol. The largest absolute Gasteiger partial charge is 0.299 e. The number of nitrogens with zero attached hydrogens (tertiary/aromatic N) is 3. The lowest BCUT2D eigenvalue weighted by Crippen LogP contribution is -2.16. The molecule has 8 aromatic rings. The minimum absolute atomic E-state index is 0.204. The van der Waals surface area contributed by atoms with E-state index in [2.05, 4.69) is 84.9 Å². The molecule has 0 bridgehead atoms. The van der Waals surface area contributed by atoms with Gasteiger partial charge in [-0.2, -0.15) is 0 Å². The molecule has 1 aliphatic carbocycles. The minimum Gasteiger partial charge on any atom is -0.299 e. The molecule has 0 saturated heterocycles. The first-order valence-electron chi connectivity index (χ1n) is 15.4. The molecule has 0 spiro atoms. The van der Waals surface area contributed by atoms with E-state index in [-0.39, 0.29) is 11.4 Å². The topological polar surface area (TPSA) is 86.4 Å². The molecule has 0 amide bonds. The number of aromatic nitrogens is 3. The van der Waals surface area contributed by atoms with E-state index >= 15 is 0 Å². The highest BCUT2D eigenvalue weighted by atomic mass is 32.1. The maximum absolute atomic E-state index is 8.70. The number of nitrogens with one attached hydrogen (secondary N) is 2. The second-order valence-electron chi connectivity index (χ2n) is 11.6. The third kappa shape index (κ3) is 4.66. The molecule has 0 atom stereocenters. The van der Waals surface area contributed by atoms with E-state index in [4.69, 9.17) is 25.8 Å². The maximum Gasteiger partial charge on any atom is 0.164 e. The van der Waals surface area contributed by atoms with E-state index in [1.165, 1.54) is 20.2 Å². The highest BCUT2D eigenvalue weighted by Gasteiger charge is 2.19. The molecule has 0 radical (unpaired) electrons. The Labute approximate surface area is 274 Å². The van der Waals surface area contributed by atoms with Crippen LogP contribution in [0.5, 0.6) is 0 Å². The molecule has 9 rings (SSSR count). The first-order valence-corrected chi connectivity index (χ1v) is 16.2. The van der Waals surface area contributed by atoms with Crippen molar-refractivity contribution in [1.82, 2.24) is 15.0 Å². The third-order valence-electron chi connectivity index (χ3n) is 8.78. The van der Waals surface area contributed by atoms with E-state index in [0.29, 0.717) is 17.5 Å². The molecule has 1 aliphatic rings. The van der Waals surface area contributed by atoms with Crippen LogP contribution >= 0.6 is 11.3 Å². The van der Waals surface area contributed by atoms with Gasteiger partial charge in [0.05, 0.1) is 11.4 Å². The molecular formula is C41H25N5S. The van der Waals surface area contributed by atoms with Gasteiger partial charge in [0.15, 0.2) is 17.5 Å². The molecule has 0 unspecified atom stereocenters. The van der Waals surface area contributed by atoms with Crippen molar-refractivity contribution in [3.05, 3.63) is 145 Å². The van der Waals surface area contributed by atoms with E-state index in [1.54, 1.807) is 17.4 Å². The Kier molecular flexibility index (Phi) is 6.23. The SMILES string of the molecule is N=C1C=Cc2ccc3ccc(-c4nc(-c5ccc(-c6ccccc6)cc5)nc(-c5ccc6c(c5)sc5ccccc56)n4)cc3c2C1=N. The zero-order valence-corrected chi connectivity index (χ0v) is 25.8. The van der Waals surface area contributed by atoms with E-state index in [9.17, 15) is 0 Å². The summed E-state index contributed by atoms with van der Waals surface area (Å²) in [6, 6.07) is 43.8. The average Bonchev–Trinajstić information content (AvgIpc) is 3.51. The Bertz CT molecular complexity index is 2600. The molecule has 220 valence electrons. The van der Waals surface area contributed by atoms with E-state index in [1.807, 2.05) is 48.5 Å². The molecule has 47 heavy (non-hydrogen) atoms. The number of fused-ring (bicyclic) bond motifs is 6. The fourth-order valence-corrected chi connectivity index (χ4v) is 7.50. The molecule has 0 fully saturated rings. The van der Waals surface area contributed by atoms with Crippen LogP contribution in [0, 0.1) is 10.8 Å². The van der Waals surface area contributed by atoms with Gasteiger partial charge in [0.1, 0.15) is 0 Å². The normalized spacial score (nSPS) is 12.7. The van der Waals surface area contributed by atoms with Crippen LogP contribution in [0.3, 0.4) is 0 Å². The second kappa shape index (κ2) is 10.8. The zero-order chi connectivity index (χ0) is 31.5. The zero-order valence-electron chi connectivity index (χ0n) is 25.0. The summed E-state index contributed by atoms with van der Waals surface area (Å²) in [6.45, 7) is 0. The number of benzene rings is 6. The molecule has 2 aromatic heterocycles. The maximum atomic E-state index is 8.70. The Morgan fingerprint density at radius 3 is 1.85 bits per heavy atom. The van der Waals surface area contributed by atoms with Crippen LogP contribution in [0.2, 0.25) is 0 Å². The lowest BCUT2D eigenvalue weighted by molar-refractivity contribution is 1.08. The summed E-state index contributed by atoms with van der Waals surface area (Å²) in [7, 11) is 0. The predicted molar refractivity (Wildman–Crippen MR) is 196 cm³/mol. The second-order valence-corrected chi connectivity index (χ2v) is 12.7. The Hall–Kier alpha value is -6.11. The number of hydrogen-bond donors (Lipinski definition) is 2. The van der Waals surface area contributed by atoms with Crippen LogP contribution in [-0.4, -0.2) is 26.4 Å². The summed E-state index contributed by atoms with van der Waals surface area (Å²) in [5, 5.41) is 21.4. The number of rotatable bonds is 4. The Balaban J connectivity index is 1.22. The first kappa shape index (κ1) is 27.2. The minimum atomic E-state index is 0.204. The molecule has 5 nitrogen and oxygen atoms in total. The van der Waals surface area contributed by atoms with Crippen molar-refractivity contribution in [3.8, 4) is 45.3 Å². The van der Waals surface area contributed by atoms with Gasteiger partial charge in [-0.3, -0.25) is 10.8 Å². The summed E-state index contributed by atoms with van der Waals surface area (Å²) in [6.07, 6.45) is 3.59. The lowest BCUT2D eigenvalue weighted by Gasteiger charge is -2.16. The van der Waals surface area contributed by atoms with Crippen molar-refractivity contribution in [2.24, 2.45) is 0 Å². The van der Waals surface area contributed by atoms with Crippen molar-refractivity contribution < 1.29 is 0 Å². The molecule has 6 aromatic carbocycles. The summed E-state index contributed by atoms with van der Waals surface area (Å²) in [5.74, 6) is 1.75. The number of hydrogen-bond acceptors (Lipinski definition) is 6. The quantitative estimate of drug-likeness (QED) is 0.205. The van der Waals surface area contributed by atoms with Crippen molar-refractivity contribution in [2.75, 3.05) is 0 Å². The standard InChI is InChI=1S/C41H25N5S/c42-34-21-19-27-14-12-26-13-17-29(22-33(26)37(27)38(34)43)40-44-39(28-15-10-25(11-16-28)24-6-2-1-3-7-24)45-41(46-40)30-18-20-32-31-8-4-5-9-35(31)47-36(32)23-30/h1-23,42-43H. The highest BCUT2D eigenvalue weighted by Crippen LogP contribution is 2.37. The monoisotopic (exact) mass is 619 g/mol. The Morgan fingerprint density at radius 1 is 0.447 bits per heavy atom. The predicted octanol–water partition coefficient (Wildman–Crippen LogP) is 10.5. The van der Waals surface area contributed by atoms with E-state index < -0.39 is 0 Å². The fourth-order valence-electron chi connectivity index (χ4n) is 6.36. The van der Waals surface area contributed by atoms with Gasteiger partial charge >= 0.3 is 0 Å². The lowest BCUT2D eigenvalue weighted by atomic mass is 9.89. The van der Waals surface area contributed by atoms with Crippen LogP contribution in [-0.2, 0) is 0 Å². The summed E-state index contributed by atoms with van der Waals surface area (Å²) in [4.78, 5) is 15.1. The van der Waals surface area contributed by atoms with Crippen LogP contribution in [0.4, 0.5) is 0 Å². The van der Waals surface area contributed by atoms with Crippen molar-refractivity contribution in [3.63, 3.8) is 0 Å². The molecule has 0 aliphatic heterocycles. The Morgan fingerprint density at radius 2 is 1.04 bits per heavy atom. The van der Waals surface area contributed by atoms with Crippen LogP contribution < -0.4 is 0 Å². The van der Waals surface area contributed by atoms with Crippen molar-refractivity contribution in [2.45, 2.75) is 0 Å². The van der Waals surface area contributed by atoms with Crippen molar-refractivity contribution >= 4 is 59.8 Å². The summed E-state index contributed by atoms with van der Waals surface area (Å²) in [5.41, 5.74) is 7.05. The summed E-state index contributed by atoms with van der Waals surface area (Å²) < 4.78 is 2.44. The number of thiophene rings is 1. The van der Waals surface area contributed by atoms with Gasteiger partial charge in [-0.25, -0.2) is 15.0 Å². The van der Waals surface area contributed by atoms with Crippen molar-refractivity contribution in [1.29, 1.82) is 10.8 Å². The van der Waals surface area contributed by atoms with Crippen LogP contribution in [0.1, 0.15) is 11.1 Å². The van der Waals surface area contributed by atoms with Gasteiger partial charge in [-0.1, -0.05) is 115 Å². The molecule has 6 heteroatoms. The van der Waals surface area contributed by atoms with Crippen LogP contribution in [0.15, 0.2) is 133 Å². The molecule has 2 N–H and O–H groups in total. The molecule has 2 heterocycles. The van der Waals surface area contributed by atoms with Gasteiger partial charge in [0.2, 0.25) is 0 Å². The first-order chi connectivity index (χ1) is 23.1. The van der Waals surface area contributed by atoms with E-state index in [0.717, 1.165) is 49.7 Å². The fraction of sp³-hybridized carbons (Fsp3) is 0. The van der Waals surface area contributed by atoms with Gasteiger partial charge in [-0.05, 0) is 51.7 Å². The van der Waals surface area contributed by atoms with Gasteiger partial charge in [-0.15, -0.1) is 11.3 Å². The molecule has 0 saturated carbocycles. The third-order valence-corrected chi connectivity index (χ3v) is 9.92.